The summed E-state index contributed by atoms with van der Waals surface area (Å²) in [6.07, 6.45) is 14.8. The van der Waals surface area contributed by atoms with Crippen LogP contribution < -0.4 is 0 Å². The van der Waals surface area contributed by atoms with Crippen molar-refractivity contribution in [3.8, 4) is 0 Å². The van der Waals surface area contributed by atoms with Gasteiger partial charge in [0.1, 0.15) is 0 Å². The van der Waals surface area contributed by atoms with Gasteiger partial charge in [0.25, 0.3) is 0 Å². The first-order valence-corrected chi connectivity index (χ1v) is 7.75. The Labute approximate surface area is 103 Å². The summed E-state index contributed by atoms with van der Waals surface area (Å²) in [4.78, 5) is 0. The van der Waals surface area contributed by atoms with Crippen LogP contribution in [-0.4, -0.2) is 0 Å². The van der Waals surface area contributed by atoms with Crippen molar-refractivity contribution >= 4 is 0 Å². The van der Waals surface area contributed by atoms with Gasteiger partial charge in [0, 0.05) is 0 Å². The van der Waals surface area contributed by atoms with Crippen LogP contribution in [0.5, 0.6) is 0 Å². The van der Waals surface area contributed by atoms with E-state index in [0.717, 1.165) is 17.8 Å². The molecule has 1 rings (SSSR count). The second-order valence-electron chi connectivity index (χ2n) is 6.16. The van der Waals surface area contributed by atoms with Crippen LogP contribution in [-0.2, 0) is 0 Å². The molecule has 0 saturated heterocycles. The molecule has 0 heteroatoms. The normalized spacial score (nSPS) is 21.0. The molecule has 0 bridgehead atoms. The molecule has 16 heavy (non-hydrogen) atoms. The molecular formula is C16H32. The molecule has 1 fully saturated rings. The van der Waals surface area contributed by atoms with Crippen LogP contribution in [0.3, 0.4) is 0 Å². The summed E-state index contributed by atoms with van der Waals surface area (Å²) in [5.41, 5.74) is 0. The van der Waals surface area contributed by atoms with Crippen molar-refractivity contribution < 1.29 is 0 Å². The Morgan fingerprint density at radius 1 is 0.938 bits per heavy atom. The van der Waals surface area contributed by atoms with Crippen molar-refractivity contribution in [3.63, 3.8) is 0 Å². The zero-order valence-corrected chi connectivity index (χ0v) is 11.8. The molecule has 0 N–H and O–H groups in total. The van der Waals surface area contributed by atoms with Crippen LogP contribution in [0.25, 0.3) is 0 Å². The van der Waals surface area contributed by atoms with Gasteiger partial charge in [-0.2, -0.15) is 0 Å². The predicted octanol–water partition coefficient (Wildman–Crippen LogP) is 5.81. The van der Waals surface area contributed by atoms with E-state index in [4.69, 9.17) is 0 Å². The Balaban J connectivity index is 2.40. The van der Waals surface area contributed by atoms with Crippen molar-refractivity contribution in [2.45, 2.75) is 85.0 Å². The lowest BCUT2D eigenvalue weighted by atomic mass is 9.76. The van der Waals surface area contributed by atoms with Crippen LogP contribution in [0.15, 0.2) is 0 Å². The summed E-state index contributed by atoms with van der Waals surface area (Å²) in [6.45, 7) is 7.21. The minimum Gasteiger partial charge on any atom is -0.0654 e. The molecule has 0 aromatic rings. The second-order valence-corrected chi connectivity index (χ2v) is 6.16. The fraction of sp³-hybridized carbons (Fsp3) is 1.00. The quantitative estimate of drug-likeness (QED) is 0.394. The van der Waals surface area contributed by atoms with Crippen molar-refractivity contribution in [3.05, 3.63) is 0 Å². The van der Waals surface area contributed by atoms with E-state index in [0.29, 0.717) is 0 Å². The van der Waals surface area contributed by atoms with Gasteiger partial charge in [-0.15, -0.1) is 0 Å². The standard InChI is InChI=1S/C16H32/c1-4-5-8-13-16(14(2)3)15-11-9-6-7-10-12-15/h14-16H,4-13H2,1-3H3. The maximum atomic E-state index is 2.45. The molecular weight excluding hydrogens is 192 g/mol. The van der Waals surface area contributed by atoms with Crippen LogP contribution in [0.1, 0.15) is 85.0 Å². The van der Waals surface area contributed by atoms with Gasteiger partial charge in [0.15, 0.2) is 0 Å². The van der Waals surface area contributed by atoms with Gasteiger partial charge >= 0.3 is 0 Å². The molecule has 1 unspecified atom stereocenters. The predicted molar refractivity (Wildman–Crippen MR) is 73.7 cm³/mol. The van der Waals surface area contributed by atoms with Crippen molar-refractivity contribution in [1.82, 2.24) is 0 Å². The molecule has 1 aliphatic rings. The average Bonchev–Trinajstić information content (AvgIpc) is 2.52. The summed E-state index contributed by atoms with van der Waals surface area (Å²) >= 11 is 0. The lowest BCUT2D eigenvalue weighted by Gasteiger charge is -2.29. The first-order valence-electron chi connectivity index (χ1n) is 7.75. The van der Waals surface area contributed by atoms with Crippen LogP contribution in [0.4, 0.5) is 0 Å². The summed E-state index contributed by atoms with van der Waals surface area (Å²) in [5.74, 6) is 2.98. The summed E-state index contributed by atoms with van der Waals surface area (Å²) in [7, 11) is 0. The minimum absolute atomic E-state index is 0.903. The van der Waals surface area contributed by atoms with Gasteiger partial charge in [0.05, 0.1) is 0 Å². The van der Waals surface area contributed by atoms with Gasteiger partial charge in [-0.1, -0.05) is 78.6 Å². The lowest BCUT2D eigenvalue weighted by molar-refractivity contribution is 0.210. The molecule has 0 aromatic heterocycles. The van der Waals surface area contributed by atoms with E-state index in [9.17, 15) is 0 Å². The van der Waals surface area contributed by atoms with Gasteiger partial charge in [0.2, 0.25) is 0 Å². The molecule has 0 heterocycles. The first-order chi connectivity index (χ1) is 7.75. The van der Waals surface area contributed by atoms with Crippen LogP contribution >= 0.6 is 0 Å². The molecule has 1 aliphatic carbocycles. The highest BCUT2D eigenvalue weighted by Crippen LogP contribution is 2.36. The fourth-order valence-electron chi connectivity index (χ4n) is 3.48. The summed E-state index contributed by atoms with van der Waals surface area (Å²) < 4.78 is 0. The molecule has 0 aliphatic heterocycles. The van der Waals surface area contributed by atoms with Gasteiger partial charge in [-0.3, -0.25) is 0 Å². The second kappa shape index (κ2) is 8.14. The largest absolute Gasteiger partial charge is 0.0654 e. The SMILES string of the molecule is CCCCCC(C(C)C)C1CCCCCC1. The Bertz CT molecular complexity index is 151. The molecule has 1 saturated carbocycles. The topological polar surface area (TPSA) is 0 Å². The van der Waals surface area contributed by atoms with Crippen molar-refractivity contribution in [2.24, 2.45) is 17.8 Å². The number of hydrogen-bond donors (Lipinski definition) is 0. The van der Waals surface area contributed by atoms with E-state index in [1.165, 1.54) is 64.2 Å². The third-order valence-electron chi connectivity index (χ3n) is 4.50. The number of hydrogen-bond acceptors (Lipinski definition) is 0. The molecule has 0 spiro atoms. The monoisotopic (exact) mass is 224 g/mol. The smallest absolute Gasteiger partial charge is 0.0363 e. The van der Waals surface area contributed by atoms with E-state index >= 15 is 0 Å². The molecule has 0 nitrogen and oxygen atoms in total. The van der Waals surface area contributed by atoms with Gasteiger partial charge in [-0.25, -0.2) is 0 Å². The third kappa shape index (κ3) is 4.89. The Morgan fingerprint density at radius 2 is 1.56 bits per heavy atom. The molecule has 1 atom stereocenters. The molecule has 96 valence electrons. The average molecular weight is 224 g/mol. The Morgan fingerprint density at radius 3 is 2.06 bits per heavy atom. The van der Waals surface area contributed by atoms with E-state index in [1.54, 1.807) is 0 Å². The van der Waals surface area contributed by atoms with E-state index in [1.807, 2.05) is 0 Å². The van der Waals surface area contributed by atoms with Crippen LogP contribution in [0, 0.1) is 17.8 Å². The zero-order valence-electron chi connectivity index (χ0n) is 11.8. The Hall–Kier alpha value is 0. The van der Waals surface area contributed by atoms with E-state index < -0.39 is 0 Å². The lowest BCUT2D eigenvalue weighted by Crippen LogP contribution is -2.20. The van der Waals surface area contributed by atoms with E-state index in [-0.39, 0.29) is 0 Å². The maximum absolute atomic E-state index is 2.45. The number of unbranched alkanes of at least 4 members (excludes halogenated alkanes) is 2. The highest BCUT2D eigenvalue weighted by atomic mass is 14.3. The fourth-order valence-corrected chi connectivity index (χ4v) is 3.48. The van der Waals surface area contributed by atoms with Crippen LogP contribution in [0.2, 0.25) is 0 Å². The third-order valence-corrected chi connectivity index (χ3v) is 4.50. The number of rotatable bonds is 6. The Kier molecular flexibility index (Phi) is 7.16. The molecule has 0 radical (unpaired) electrons. The summed E-state index contributed by atoms with van der Waals surface area (Å²) in [5, 5.41) is 0. The highest BCUT2D eigenvalue weighted by Gasteiger charge is 2.24. The maximum Gasteiger partial charge on any atom is -0.0363 e. The first kappa shape index (κ1) is 14.1. The highest BCUT2D eigenvalue weighted by molar-refractivity contribution is 4.75. The van der Waals surface area contributed by atoms with Crippen molar-refractivity contribution in [2.75, 3.05) is 0 Å². The molecule has 0 aromatic carbocycles. The van der Waals surface area contributed by atoms with Gasteiger partial charge < -0.3 is 0 Å². The van der Waals surface area contributed by atoms with E-state index in [2.05, 4.69) is 20.8 Å². The van der Waals surface area contributed by atoms with Gasteiger partial charge in [-0.05, 0) is 24.2 Å². The summed E-state index contributed by atoms with van der Waals surface area (Å²) in [6, 6.07) is 0. The zero-order chi connectivity index (χ0) is 11.8. The minimum atomic E-state index is 0.903. The molecule has 0 amide bonds. The van der Waals surface area contributed by atoms with Crippen molar-refractivity contribution in [1.29, 1.82) is 0 Å².